The molecule has 1 aliphatic carbocycles. The molecule has 0 unspecified atom stereocenters. The first-order valence-corrected chi connectivity index (χ1v) is 9.52. The number of likely N-dealkylation sites (tertiary alicyclic amines) is 1. The van der Waals surface area contributed by atoms with E-state index in [1.165, 1.54) is 12.0 Å². The zero-order valence-electron chi connectivity index (χ0n) is 14.8. The van der Waals surface area contributed by atoms with Crippen molar-refractivity contribution in [1.29, 1.82) is 0 Å². The highest BCUT2D eigenvalue weighted by Crippen LogP contribution is 2.34. The topological polar surface area (TPSA) is 70.5 Å². The van der Waals surface area contributed by atoms with Crippen LogP contribution in [0.5, 0.6) is 0 Å². The second-order valence-electron chi connectivity index (χ2n) is 7.54. The Bertz CT molecular complexity index is 590. The SMILES string of the molecule is O=C(CCCN1CCC[C@H]1c1cccnc1)C[C@H]1CC[C@@H](C(=O)O)C1. The summed E-state index contributed by atoms with van der Waals surface area (Å²) in [7, 11) is 0. The summed E-state index contributed by atoms with van der Waals surface area (Å²) in [6.07, 6.45) is 10.5. The Hall–Kier alpha value is -1.75. The van der Waals surface area contributed by atoms with E-state index < -0.39 is 5.97 Å². The molecular formula is C20H28N2O3. The predicted octanol–water partition coefficient (Wildman–Crippen LogP) is 3.46. The van der Waals surface area contributed by atoms with Gasteiger partial charge in [0.1, 0.15) is 5.78 Å². The molecule has 1 saturated carbocycles. The van der Waals surface area contributed by atoms with Gasteiger partial charge in [0.25, 0.3) is 0 Å². The second-order valence-corrected chi connectivity index (χ2v) is 7.54. The fraction of sp³-hybridized carbons (Fsp3) is 0.650. The van der Waals surface area contributed by atoms with Crippen molar-refractivity contribution in [3.8, 4) is 0 Å². The molecule has 3 rings (SSSR count). The number of Topliss-reactive ketones (excluding diaryl/α,β-unsaturated/α-hetero) is 1. The van der Waals surface area contributed by atoms with Crippen LogP contribution in [0, 0.1) is 11.8 Å². The summed E-state index contributed by atoms with van der Waals surface area (Å²) >= 11 is 0. The molecule has 0 radical (unpaired) electrons. The Morgan fingerprint density at radius 1 is 1.28 bits per heavy atom. The molecule has 0 amide bonds. The van der Waals surface area contributed by atoms with Crippen molar-refractivity contribution in [1.82, 2.24) is 9.88 Å². The molecule has 0 bridgehead atoms. The van der Waals surface area contributed by atoms with Crippen LogP contribution in [0.15, 0.2) is 24.5 Å². The third-order valence-electron chi connectivity index (χ3n) is 5.74. The van der Waals surface area contributed by atoms with E-state index in [1.54, 1.807) is 6.20 Å². The maximum absolute atomic E-state index is 12.2. The molecule has 5 heteroatoms. The lowest BCUT2D eigenvalue weighted by atomic mass is 9.97. The summed E-state index contributed by atoms with van der Waals surface area (Å²) in [6, 6.07) is 4.57. The fourth-order valence-corrected chi connectivity index (χ4v) is 4.43. The number of hydrogen-bond donors (Lipinski definition) is 1. The average Bonchev–Trinajstić information content (AvgIpc) is 3.25. The van der Waals surface area contributed by atoms with Gasteiger partial charge < -0.3 is 5.11 Å². The zero-order valence-corrected chi connectivity index (χ0v) is 14.8. The molecule has 136 valence electrons. The van der Waals surface area contributed by atoms with Gasteiger partial charge in [-0.15, -0.1) is 0 Å². The van der Waals surface area contributed by atoms with E-state index in [-0.39, 0.29) is 11.8 Å². The summed E-state index contributed by atoms with van der Waals surface area (Å²) in [5, 5.41) is 9.05. The van der Waals surface area contributed by atoms with Gasteiger partial charge in [-0.2, -0.15) is 0 Å². The number of pyridine rings is 1. The lowest BCUT2D eigenvalue weighted by Gasteiger charge is -2.24. The van der Waals surface area contributed by atoms with Crippen LogP contribution in [0.4, 0.5) is 0 Å². The van der Waals surface area contributed by atoms with Crippen LogP contribution in [0.25, 0.3) is 0 Å². The number of nitrogens with zero attached hydrogens (tertiary/aromatic N) is 2. The van der Waals surface area contributed by atoms with Gasteiger partial charge in [-0.1, -0.05) is 6.07 Å². The maximum atomic E-state index is 12.2. The van der Waals surface area contributed by atoms with Crippen LogP contribution >= 0.6 is 0 Å². The molecule has 2 fully saturated rings. The van der Waals surface area contributed by atoms with Crippen molar-refractivity contribution in [3.63, 3.8) is 0 Å². The van der Waals surface area contributed by atoms with Gasteiger partial charge in [0, 0.05) is 31.3 Å². The number of rotatable bonds is 8. The molecule has 1 aliphatic heterocycles. The minimum atomic E-state index is -0.703. The van der Waals surface area contributed by atoms with Crippen molar-refractivity contribution in [2.45, 2.75) is 57.4 Å². The molecule has 5 nitrogen and oxygen atoms in total. The fourth-order valence-electron chi connectivity index (χ4n) is 4.43. The number of carbonyl (C=O) groups excluding carboxylic acids is 1. The predicted molar refractivity (Wildman–Crippen MR) is 95.1 cm³/mol. The Kier molecular flexibility index (Phi) is 6.19. The summed E-state index contributed by atoms with van der Waals surface area (Å²) < 4.78 is 0. The molecule has 25 heavy (non-hydrogen) atoms. The molecule has 1 aromatic heterocycles. The van der Waals surface area contributed by atoms with Crippen LogP contribution in [0.1, 0.15) is 63.0 Å². The van der Waals surface area contributed by atoms with E-state index in [0.717, 1.165) is 38.8 Å². The molecule has 3 atom stereocenters. The molecule has 2 aliphatic rings. The van der Waals surface area contributed by atoms with Crippen molar-refractivity contribution in [2.75, 3.05) is 13.1 Å². The lowest BCUT2D eigenvalue weighted by molar-refractivity contribution is -0.141. The normalized spacial score (nSPS) is 26.8. The van der Waals surface area contributed by atoms with E-state index >= 15 is 0 Å². The first-order valence-electron chi connectivity index (χ1n) is 9.52. The summed E-state index contributed by atoms with van der Waals surface area (Å²) in [5.74, 6) is -0.357. The van der Waals surface area contributed by atoms with E-state index in [1.807, 2.05) is 12.3 Å². The van der Waals surface area contributed by atoms with Gasteiger partial charge in [-0.05, 0) is 69.2 Å². The molecule has 0 aromatic carbocycles. The highest BCUT2D eigenvalue weighted by atomic mass is 16.4. The number of ketones is 1. The minimum Gasteiger partial charge on any atom is -0.481 e. The Morgan fingerprint density at radius 2 is 2.16 bits per heavy atom. The standard InChI is InChI=1S/C20H28N2O3/c23-18(13-15-7-8-16(12-15)20(24)25)5-2-10-22-11-3-6-19(22)17-4-1-9-21-14-17/h1,4,9,14-16,19H,2-3,5-8,10-13H2,(H,24,25)/t15-,16+,19-/m0/s1. The van der Waals surface area contributed by atoms with Gasteiger partial charge in [-0.3, -0.25) is 19.5 Å². The smallest absolute Gasteiger partial charge is 0.306 e. The van der Waals surface area contributed by atoms with Crippen molar-refractivity contribution in [2.24, 2.45) is 11.8 Å². The van der Waals surface area contributed by atoms with Crippen LogP contribution in [-0.4, -0.2) is 39.8 Å². The summed E-state index contributed by atoms with van der Waals surface area (Å²) in [6.45, 7) is 2.05. The Balaban J connectivity index is 1.39. The van der Waals surface area contributed by atoms with Crippen LogP contribution in [0.2, 0.25) is 0 Å². The number of aliphatic carboxylic acids is 1. The van der Waals surface area contributed by atoms with Crippen molar-refractivity contribution >= 4 is 11.8 Å². The van der Waals surface area contributed by atoms with Crippen LogP contribution in [0.3, 0.4) is 0 Å². The zero-order chi connectivity index (χ0) is 17.6. The number of aromatic nitrogens is 1. The lowest BCUT2D eigenvalue weighted by Crippen LogP contribution is -2.25. The largest absolute Gasteiger partial charge is 0.481 e. The molecule has 1 N–H and O–H groups in total. The van der Waals surface area contributed by atoms with E-state index in [4.69, 9.17) is 5.11 Å². The quantitative estimate of drug-likeness (QED) is 0.782. The minimum absolute atomic E-state index is 0.234. The van der Waals surface area contributed by atoms with Gasteiger partial charge in [0.15, 0.2) is 0 Å². The third kappa shape index (κ3) is 4.88. The molecule has 1 aromatic rings. The molecular weight excluding hydrogens is 316 g/mol. The first-order chi connectivity index (χ1) is 12.1. The van der Waals surface area contributed by atoms with E-state index in [9.17, 15) is 9.59 Å². The van der Waals surface area contributed by atoms with E-state index in [2.05, 4.69) is 16.0 Å². The van der Waals surface area contributed by atoms with Crippen LogP contribution < -0.4 is 0 Å². The molecule has 0 spiro atoms. The maximum Gasteiger partial charge on any atom is 0.306 e. The number of carbonyl (C=O) groups is 2. The highest BCUT2D eigenvalue weighted by Gasteiger charge is 2.31. The molecule has 1 saturated heterocycles. The van der Waals surface area contributed by atoms with Crippen molar-refractivity contribution < 1.29 is 14.7 Å². The number of carboxylic acid groups (broad SMARTS) is 1. The molecule has 2 heterocycles. The monoisotopic (exact) mass is 344 g/mol. The Morgan fingerprint density at radius 3 is 2.88 bits per heavy atom. The van der Waals surface area contributed by atoms with Gasteiger partial charge >= 0.3 is 5.97 Å². The first kappa shape index (κ1) is 18.1. The highest BCUT2D eigenvalue weighted by molar-refractivity contribution is 5.79. The van der Waals surface area contributed by atoms with E-state index in [0.29, 0.717) is 31.1 Å². The van der Waals surface area contributed by atoms with Crippen molar-refractivity contribution in [3.05, 3.63) is 30.1 Å². The van der Waals surface area contributed by atoms with Gasteiger partial charge in [0.2, 0.25) is 0 Å². The van der Waals surface area contributed by atoms with Crippen LogP contribution in [-0.2, 0) is 9.59 Å². The third-order valence-corrected chi connectivity index (χ3v) is 5.74. The second kappa shape index (κ2) is 8.56. The summed E-state index contributed by atoms with van der Waals surface area (Å²) in [4.78, 5) is 29.9. The average molecular weight is 344 g/mol. The van der Waals surface area contributed by atoms with Gasteiger partial charge in [0.05, 0.1) is 5.92 Å². The Labute approximate surface area is 149 Å². The van der Waals surface area contributed by atoms with Gasteiger partial charge in [-0.25, -0.2) is 0 Å². The number of hydrogen-bond acceptors (Lipinski definition) is 4. The summed E-state index contributed by atoms with van der Waals surface area (Å²) in [5.41, 5.74) is 1.27. The number of carboxylic acids is 1.